The first-order valence-electron chi connectivity index (χ1n) is 11.6. The van der Waals surface area contributed by atoms with E-state index in [0.29, 0.717) is 36.7 Å². The second-order valence-corrected chi connectivity index (χ2v) is 9.66. The Labute approximate surface area is 211 Å². The second-order valence-electron chi connectivity index (χ2n) is 8.06. The summed E-state index contributed by atoms with van der Waals surface area (Å²) in [6, 6.07) is 26.7. The molecule has 1 atom stereocenters. The average Bonchev–Trinajstić information content (AvgIpc) is 2.86. The first-order chi connectivity index (χ1) is 16.6. The van der Waals surface area contributed by atoms with Gasteiger partial charge in [0, 0.05) is 41.6 Å². The maximum atomic E-state index is 13.5. The number of carbonyl (C=O) groups is 2. The van der Waals surface area contributed by atoms with Crippen molar-refractivity contribution in [1.82, 2.24) is 10.2 Å². The standard InChI is InChI=1S/C28H31ClN2O2S/c1-2-17-30-28(33)26(20-22-10-5-3-6-11-22)31(21-23-12-9-13-24(29)19-23)27(32)16-18-34-25-14-7-4-8-15-25/h3-15,19,26H,2,16-18,20-21H2,1H3,(H,30,33). The summed E-state index contributed by atoms with van der Waals surface area (Å²) in [4.78, 5) is 29.6. The summed E-state index contributed by atoms with van der Waals surface area (Å²) in [6.45, 7) is 2.92. The highest BCUT2D eigenvalue weighted by Crippen LogP contribution is 2.21. The van der Waals surface area contributed by atoms with Gasteiger partial charge in [-0.25, -0.2) is 0 Å². The predicted octanol–water partition coefficient (Wildman–Crippen LogP) is 5.99. The summed E-state index contributed by atoms with van der Waals surface area (Å²) in [5.41, 5.74) is 1.92. The number of carbonyl (C=O) groups excluding carboxylic acids is 2. The molecule has 0 aliphatic rings. The Kier molecular flexibility index (Phi) is 10.5. The number of benzene rings is 3. The van der Waals surface area contributed by atoms with Crippen LogP contribution in [-0.4, -0.2) is 35.1 Å². The number of rotatable bonds is 12. The number of halogens is 1. The number of amides is 2. The molecule has 0 saturated heterocycles. The van der Waals surface area contributed by atoms with Crippen LogP contribution in [0.5, 0.6) is 0 Å². The molecular formula is C28H31ClN2O2S. The topological polar surface area (TPSA) is 49.4 Å². The zero-order chi connectivity index (χ0) is 24.2. The molecule has 3 aromatic carbocycles. The lowest BCUT2D eigenvalue weighted by molar-refractivity contribution is -0.141. The summed E-state index contributed by atoms with van der Waals surface area (Å²) < 4.78 is 0. The molecule has 0 bridgehead atoms. The van der Waals surface area contributed by atoms with Crippen LogP contribution in [-0.2, 0) is 22.6 Å². The first kappa shape index (κ1) is 25.9. The highest BCUT2D eigenvalue weighted by Gasteiger charge is 2.30. The van der Waals surface area contributed by atoms with Gasteiger partial charge in [0.05, 0.1) is 0 Å². The Hall–Kier alpha value is -2.76. The smallest absolute Gasteiger partial charge is 0.243 e. The molecule has 178 valence electrons. The Bertz CT molecular complexity index is 1050. The van der Waals surface area contributed by atoms with Gasteiger partial charge in [-0.1, -0.05) is 79.2 Å². The van der Waals surface area contributed by atoms with Crippen molar-refractivity contribution in [3.8, 4) is 0 Å². The minimum Gasteiger partial charge on any atom is -0.354 e. The molecule has 0 aromatic heterocycles. The molecule has 3 rings (SSSR count). The van der Waals surface area contributed by atoms with Crippen LogP contribution >= 0.6 is 23.4 Å². The molecule has 34 heavy (non-hydrogen) atoms. The van der Waals surface area contributed by atoms with E-state index in [9.17, 15) is 9.59 Å². The van der Waals surface area contributed by atoms with Gasteiger partial charge in [-0.05, 0) is 41.8 Å². The van der Waals surface area contributed by atoms with Gasteiger partial charge < -0.3 is 10.2 Å². The van der Waals surface area contributed by atoms with Crippen LogP contribution in [0.2, 0.25) is 5.02 Å². The number of nitrogens with zero attached hydrogens (tertiary/aromatic N) is 1. The first-order valence-corrected chi connectivity index (χ1v) is 13.0. The van der Waals surface area contributed by atoms with Crippen LogP contribution in [0.25, 0.3) is 0 Å². The van der Waals surface area contributed by atoms with E-state index in [1.807, 2.05) is 91.9 Å². The molecule has 0 saturated carbocycles. The normalized spacial score (nSPS) is 11.6. The Morgan fingerprint density at radius 3 is 2.29 bits per heavy atom. The maximum Gasteiger partial charge on any atom is 0.243 e. The predicted molar refractivity (Wildman–Crippen MR) is 141 cm³/mol. The molecular weight excluding hydrogens is 464 g/mol. The Morgan fingerprint density at radius 1 is 0.941 bits per heavy atom. The van der Waals surface area contributed by atoms with E-state index in [2.05, 4.69) is 5.32 Å². The Balaban J connectivity index is 1.83. The molecule has 2 amide bonds. The molecule has 0 fully saturated rings. The van der Waals surface area contributed by atoms with Crippen molar-refractivity contribution in [3.05, 3.63) is 101 Å². The monoisotopic (exact) mass is 494 g/mol. The van der Waals surface area contributed by atoms with Crippen molar-refractivity contribution < 1.29 is 9.59 Å². The lowest BCUT2D eigenvalue weighted by atomic mass is 10.0. The van der Waals surface area contributed by atoms with Crippen molar-refractivity contribution >= 4 is 35.2 Å². The van der Waals surface area contributed by atoms with Crippen molar-refractivity contribution in [2.24, 2.45) is 0 Å². The highest BCUT2D eigenvalue weighted by molar-refractivity contribution is 7.99. The van der Waals surface area contributed by atoms with Crippen molar-refractivity contribution in [2.75, 3.05) is 12.3 Å². The van der Waals surface area contributed by atoms with Crippen LogP contribution in [0.4, 0.5) is 0 Å². The van der Waals surface area contributed by atoms with Crippen molar-refractivity contribution in [2.45, 2.75) is 43.7 Å². The van der Waals surface area contributed by atoms with Gasteiger partial charge in [0.15, 0.2) is 0 Å². The molecule has 1 unspecified atom stereocenters. The molecule has 3 aromatic rings. The van der Waals surface area contributed by atoms with E-state index in [-0.39, 0.29) is 11.8 Å². The van der Waals surface area contributed by atoms with Gasteiger partial charge in [-0.3, -0.25) is 9.59 Å². The van der Waals surface area contributed by atoms with Crippen LogP contribution in [0.15, 0.2) is 89.8 Å². The largest absolute Gasteiger partial charge is 0.354 e. The summed E-state index contributed by atoms with van der Waals surface area (Å²) in [6.07, 6.45) is 1.63. The van der Waals surface area contributed by atoms with Crippen molar-refractivity contribution in [1.29, 1.82) is 0 Å². The van der Waals surface area contributed by atoms with Gasteiger partial charge >= 0.3 is 0 Å². The lowest BCUT2D eigenvalue weighted by Gasteiger charge is -2.31. The van der Waals surface area contributed by atoms with Gasteiger partial charge in [0.1, 0.15) is 6.04 Å². The van der Waals surface area contributed by atoms with E-state index >= 15 is 0 Å². The van der Waals surface area contributed by atoms with E-state index < -0.39 is 6.04 Å². The third-order valence-electron chi connectivity index (χ3n) is 5.39. The molecule has 6 heteroatoms. The maximum absolute atomic E-state index is 13.5. The van der Waals surface area contributed by atoms with Crippen LogP contribution in [0, 0.1) is 0 Å². The fourth-order valence-corrected chi connectivity index (χ4v) is 4.74. The minimum atomic E-state index is -0.609. The van der Waals surface area contributed by atoms with E-state index in [1.165, 1.54) is 0 Å². The van der Waals surface area contributed by atoms with Gasteiger partial charge in [-0.15, -0.1) is 11.8 Å². The summed E-state index contributed by atoms with van der Waals surface area (Å²) in [5.74, 6) is 0.469. The van der Waals surface area contributed by atoms with Crippen molar-refractivity contribution in [3.63, 3.8) is 0 Å². The Morgan fingerprint density at radius 2 is 1.62 bits per heavy atom. The number of thioether (sulfide) groups is 1. The van der Waals surface area contributed by atoms with Crippen LogP contribution in [0.3, 0.4) is 0 Å². The fourth-order valence-electron chi connectivity index (χ4n) is 3.67. The molecule has 0 aliphatic carbocycles. The molecule has 0 aliphatic heterocycles. The van der Waals surface area contributed by atoms with Gasteiger partial charge in [-0.2, -0.15) is 0 Å². The molecule has 0 spiro atoms. The highest BCUT2D eigenvalue weighted by atomic mass is 35.5. The van der Waals surface area contributed by atoms with Gasteiger partial charge in [0.25, 0.3) is 0 Å². The molecule has 0 radical (unpaired) electrons. The quantitative estimate of drug-likeness (QED) is 0.315. The number of hydrogen-bond donors (Lipinski definition) is 1. The summed E-state index contributed by atoms with van der Waals surface area (Å²) >= 11 is 7.86. The van der Waals surface area contributed by atoms with E-state index in [4.69, 9.17) is 11.6 Å². The van der Waals surface area contributed by atoms with Crippen LogP contribution < -0.4 is 5.32 Å². The SMILES string of the molecule is CCCNC(=O)C(Cc1ccccc1)N(Cc1cccc(Cl)c1)C(=O)CCSc1ccccc1. The molecule has 1 N–H and O–H groups in total. The second kappa shape index (κ2) is 13.8. The summed E-state index contributed by atoms with van der Waals surface area (Å²) in [5, 5.41) is 3.61. The van der Waals surface area contributed by atoms with Crippen LogP contribution in [0.1, 0.15) is 30.9 Å². The minimum absolute atomic E-state index is 0.0454. The number of hydrogen-bond acceptors (Lipinski definition) is 3. The third kappa shape index (κ3) is 8.23. The molecule has 0 heterocycles. The fraction of sp³-hybridized carbons (Fsp3) is 0.286. The zero-order valence-corrected chi connectivity index (χ0v) is 21.0. The third-order valence-corrected chi connectivity index (χ3v) is 6.64. The number of nitrogens with one attached hydrogen (secondary N) is 1. The lowest BCUT2D eigenvalue weighted by Crippen LogP contribution is -2.50. The van der Waals surface area contributed by atoms with E-state index in [1.54, 1.807) is 16.7 Å². The van der Waals surface area contributed by atoms with E-state index in [0.717, 1.165) is 22.4 Å². The van der Waals surface area contributed by atoms with Gasteiger partial charge in [0.2, 0.25) is 11.8 Å². The summed E-state index contributed by atoms with van der Waals surface area (Å²) in [7, 11) is 0. The zero-order valence-electron chi connectivity index (χ0n) is 19.5. The molecule has 4 nitrogen and oxygen atoms in total. The average molecular weight is 495 g/mol.